The Labute approximate surface area is 157 Å². The molecule has 1 unspecified atom stereocenters. The molecule has 0 spiro atoms. The number of nitriles is 1. The van der Waals surface area contributed by atoms with Gasteiger partial charge in [0.05, 0.1) is 11.2 Å². The second-order valence-corrected chi connectivity index (χ2v) is 7.03. The van der Waals surface area contributed by atoms with Crippen LogP contribution in [0.4, 0.5) is 5.69 Å². The van der Waals surface area contributed by atoms with E-state index in [1.807, 2.05) is 29.2 Å². The molecule has 4 rings (SSSR count). The summed E-state index contributed by atoms with van der Waals surface area (Å²) in [6.45, 7) is 2.95. The molecule has 140 valence electrons. The van der Waals surface area contributed by atoms with Gasteiger partial charge < -0.3 is 19.1 Å². The molecule has 0 bridgehead atoms. The van der Waals surface area contributed by atoms with Gasteiger partial charge in [-0.05, 0) is 18.9 Å². The molecule has 0 aliphatic carbocycles. The summed E-state index contributed by atoms with van der Waals surface area (Å²) >= 11 is 0. The number of fused-ring (bicyclic) bond motifs is 1. The third kappa shape index (κ3) is 2.96. The molecule has 2 aliphatic heterocycles. The van der Waals surface area contributed by atoms with Crippen LogP contribution < -0.4 is 10.5 Å². The second-order valence-electron chi connectivity index (χ2n) is 7.03. The van der Waals surface area contributed by atoms with Crippen LogP contribution in [0.1, 0.15) is 18.4 Å². The smallest absolute Gasteiger partial charge is 0.270 e. The molecule has 2 fully saturated rings. The number of carbonyl (C=O) groups is 1. The highest BCUT2D eigenvalue weighted by Crippen LogP contribution is 2.29. The summed E-state index contributed by atoms with van der Waals surface area (Å²) in [5.41, 5.74) is 1.36. The molecule has 2 aliphatic rings. The van der Waals surface area contributed by atoms with Crippen LogP contribution in [0.5, 0.6) is 0 Å². The Kier molecular flexibility index (Phi) is 4.58. The minimum absolute atomic E-state index is 0.0569. The number of hydrogen-bond acceptors (Lipinski definition) is 5. The van der Waals surface area contributed by atoms with Gasteiger partial charge in [0, 0.05) is 45.2 Å². The van der Waals surface area contributed by atoms with Crippen LogP contribution >= 0.6 is 0 Å². The molecule has 1 atom stereocenters. The number of rotatable bonds is 2. The Morgan fingerprint density at radius 3 is 2.63 bits per heavy atom. The van der Waals surface area contributed by atoms with E-state index in [0.29, 0.717) is 38.5 Å². The summed E-state index contributed by atoms with van der Waals surface area (Å²) < 4.78 is 7.03. The van der Waals surface area contributed by atoms with E-state index >= 15 is 0 Å². The number of aryl methyl sites for hydroxylation is 1. The van der Waals surface area contributed by atoms with Crippen molar-refractivity contribution in [3.63, 3.8) is 0 Å². The normalized spacial score (nSPS) is 20.1. The standard InChI is InChI=1S/C20H22N4O3/c1-22-16-6-3-2-5-14(16)18(15(13-21)19(22)25)23-8-10-24(11-9-23)20(26)17-7-4-12-27-17/h2-3,5-6,17H,4,7-12H2,1H3. The van der Waals surface area contributed by atoms with Crippen LogP contribution in [-0.2, 0) is 16.6 Å². The summed E-state index contributed by atoms with van der Waals surface area (Å²) in [4.78, 5) is 29.1. The van der Waals surface area contributed by atoms with Crippen LogP contribution in [-0.4, -0.2) is 54.3 Å². The lowest BCUT2D eigenvalue weighted by molar-refractivity contribution is -0.141. The summed E-state index contributed by atoms with van der Waals surface area (Å²) in [5, 5.41) is 10.5. The van der Waals surface area contributed by atoms with E-state index in [4.69, 9.17) is 4.74 Å². The van der Waals surface area contributed by atoms with Gasteiger partial charge in [0.2, 0.25) is 0 Å². The number of para-hydroxylation sites is 1. The van der Waals surface area contributed by atoms with E-state index in [-0.39, 0.29) is 23.1 Å². The number of hydrogen-bond donors (Lipinski definition) is 0. The van der Waals surface area contributed by atoms with Crippen molar-refractivity contribution in [3.8, 4) is 6.07 Å². The molecule has 27 heavy (non-hydrogen) atoms. The van der Waals surface area contributed by atoms with Crippen molar-refractivity contribution in [2.75, 3.05) is 37.7 Å². The fourth-order valence-electron chi connectivity index (χ4n) is 4.04. The number of aromatic nitrogens is 1. The minimum atomic E-state index is -0.309. The Morgan fingerprint density at radius 2 is 1.96 bits per heavy atom. The van der Waals surface area contributed by atoms with Gasteiger partial charge in [-0.15, -0.1) is 0 Å². The van der Waals surface area contributed by atoms with Crippen molar-refractivity contribution in [1.82, 2.24) is 9.47 Å². The Bertz CT molecular complexity index is 977. The number of piperazine rings is 1. The average Bonchev–Trinajstić information content (AvgIpc) is 3.25. The molecule has 7 heteroatoms. The van der Waals surface area contributed by atoms with Gasteiger partial charge in [0.25, 0.3) is 11.5 Å². The van der Waals surface area contributed by atoms with Gasteiger partial charge in [-0.2, -0.15) is 5.26 Å². The van der Waals surface area contributed by atoms with E-state index < -0.39 is 0 Å². The SMILES string of the molecule is Cn1c(=O)c(C#N)c(N2CCN(C(=O)C3CCCO3)CC2)c2ccccc21. The Balaban J connectivity index is 1.64. The predicted octanol–water partition coefficient (Wildman–Crippen LogP) is 1.24. The Morgan fingerprint density at radius 1 is 1.22 bits per heavy atom. The molecule has 2 aromatic rings. The Hall–Kier alpha value is -2.85. The summed E-state index contributed by atoms with van der Waals surface area (Å²) in [7, 11) is 1.69. The van der Waals surface area contributed by atoms with Gasteiger partial charge >= 0.3 is 0 Å². The molecule has 1 amide bonds. The van der Waals surface area contributed by atoms with Crippen LogP contribution in [0.3, 0.4) is 0 Å². The van der Waals surface area contributed by atoms with E-state index in [1.165, 1.54) is 4.57 Å². The lowest BCUT2D eigenvalue weighted by atomic mass is 10.1. The fourth-order valence-corrected chi connectivity index (χ4v) is 4.04. The number of pyridine rings is 1. The molecule has 3 heterocycles. The van der Waals surface area contributed by atoms with Crippen molar-refractivity contribution < 1.29 is 9.53 Å². The number of nitrogens with zero attached hydrogens (tertiary/aromatic N) is 4. The highest BCUT2D eigenvalue weighted by molar-refractivity contribution is 5.95. The van der Waals surface area contributed by atoms with Crippen LogP contribution in [0.25, 0.3) is 10.9 Å². The number of anilines is 1. The topological polar surface area (TPSA) is 78.6 Å². The van der Waals surface area contributed by atoms with E-state index in [1.54, 1.807) is 7.05 Å². The summed E-state index contributed by atoms with van der Waals surface area (Å²) in [5.74, 6) is 0.0569. The largest absolute Gasteiger partial charge is 0.368 e. The molecule has 0 saturated carbocycles. The van der Waals surface area contributed by atoms with E-state index in [2.05, 4.69) is 11.0 Å². The van der Waals surface area contributed by atoms with Crippen molar-refractivity contribution in [2.24, 2.45) is 7.05 Å². The van der Waals surface area contributed by atoms with Crippen molar-refractivity contribution in [3.05, 3.63) is 40.2 Å². The third-order valence-corrected chi connectivity index (χ3v) is 5.50. The molecular formula is C20H22N4O3. The van der Waals surface area contributed by atoms with Crippen LogP contribution in [0.2, 0.25) is 0 Å². The molecule has 0 radical (unpaired) electrons. The molecular weight excluding hydrogens is 344 g/mol. The number of benzene rings is 1. The zero-order valence-electron chi connectivity index (χ0n) is 15.4. The first kappa shape index (κ1) is 17.6. The maximum Gasteiger partial charge on any atom is 0.270 e. The van der Waals surface area contributed by atoms with E-state index in [0.717, 1.165) is 23.7 Å². The quantitative estimate of drug-likeness (QED) is 0.799. The third-order valence-electron chi connectivity index (χ3n) is 5.50. The monoisotopic (exact) mass is 366 g/mol. The van der Waals surface area contributed by atoms with Gasteiger partial charge in [-0.25, -0.2) is 0 Å². The van der Waals surface area contributed by atoms with Crippen molar-refractivity contribution in [1.29, 1.82) is 5.26 Å². The molecule has 1 aromatic heterocycles. The number of carbonyl (C=O) groups excluding carboxylic acids is 1. The average molecular weight is 366 g/mol. The van der Waals surface area contributed by atoms with Gasteiger partial charge in [0.15, 0.2) is 0 Å². The van der Waals surface area contributed by atoms with Crippen LogP contribution in [0, 0.1) is 11.3 Å². The summed E-state index contributed by atoms with van der Waals surface area (Å²) in [6, 6.07) is 9.72. The molecule has 1 aromatic carbocycles. The fraction of sp³-hybridized carbons (Fsp3) is 0.450. The maximum atomic E-state index is 12.7. The van der Waals surface area contributed by atoms with E-state index in [9.17, 15) is 14.9 Å². The van der Waals surface area contributed by atoms with Gasteiger partial charge in [-0.3, -0.25) is 9.59 Å². The lowest BCUT2D eigenvalue weighted by Crippen LogP contribution is -2.52. The van der Waals surface area contributed by atoms with Gasteiger partial charge in [-0.1, -0.05) is 18.2 Å². The van der Waals surface area contributed by atoms with Crippen molar-refractivity contribution >= 4 is 22.5 Å². The first-order valence-corrected chi connectivity index (χ1v) is 9.29. The molecule has 7 nitrogen and oxygen atoms in total. The number of amides is 1. The molecule has 0 N–H and O–H groups in total. The lowest BCUT2D eigenvalue weighted by Gasteiger charge is -2.37. The highest BCUT2D eigenvalue weighted by Gasteiger charge is 2.31. The van der Waals surface area contributed by atoms with Gasteiger partial charge in [0.1, 0.15) is 17.7 Å². The maximum absolute atomic E-state index is 12.7. The first-order valence-electron chi connectivity index (χ1n) is 9.29. The highest BCUT2D eigenvalue weighted by atomic mass is 16.5. The zero-order valence-corrected chi connectivity index (χ0v) is 15.4. The van der Waals surface area contributed by atoms with Crippen molar-refractivity contribution in [2.45, 2.75) is 18.9 Å². The summed E-state index contributed by atoms with van der Waals surface area (Å²) in [6.07, 6.45) is 1.41. The minimum Gasteiger partial charge on any atom is -0.368 e. The predicted molar refractivity (Wildman–Crippen MR) is 102 cm³/mol. The second kappa shape index (κ2) is 7.05. The zero-order chi connectivity index (χ0) is 19.0. The first-order chi connectivity index (χ1) is 13.1. The molecule has 2 saturated heterocycles. The number of ether oxygens (including phenoxy) is 1. The van der Waals surface area contributed by atoms with Crippen LogP contribution in [0.15, 0.2) is 29.1 Å².